The molecule has 0 radical (unpaired) electrons. The van der Waals surface area contributed by atoms with Crippen molar-refractivity contribution in [3.05, 3.63) is 34.4 Å². The molecule has 0 aliphatic heterocycles. The molecule has 17 heavy (non-hydrogen) atoms. The Morgan fingerprint density at radius 2 is 1.76 bits per heavy atom. The van der Waals surface area contributed by atoms with Crippen LogP contribution in [-0.4, -0.2) is 17.3 Å². The van der Waals surface area contributed by atoms with Crippen LogP contribution in [0.25, 0.3) is 0 Å². The van der Waals surface area contributed by atoms with Crippen molar-refractivity contribution in [3.63, 3.8) is 0 Å². The first-order chi connectivity index (χ1) is 8.06. The van der Waals surface area contributed by atoms with Crippen molar-refractivity contribution in [3.8, 4) is 0 Å². The van der Waals surface area contributed by atoms with Gasteiger partial charge in [-0.25, -0.2) is 0 Å². The highest BCUT2D eigenvalue weighted by atomic mass is 16.3. The third-order valence-electron chi connectivity index (χ3n) is 4.09. The fourth-order valence-corrected chi connectivity index (χ4v) is 2.76. The normalized spacial score (nSPS) is 17.9. The van der Waals surface area contributed by atoms with Crippen molar-refractivity contribution in [2.45, 2.75) is 52.1 Å². The van der Waals surface area contributed by atoms with Gasteiger partial charge in [0, 0.05) is 12.1 Å². The first-order valence-corrected chi connectivity index (χ1v) is 6.49. The van der Waals surface area contributed by atoms with Crippen LogP contribution in [0.3, 0.4) is 0 Å². The van der Waals surface area contributed by atoms with E-state index < -0.39 is 0 Å². The lowest BCUT2D eigenvalue weighted by Gasteiger charge is -2.41. The molecule has 0 atom stereocenters. The molecule has 0 saturated heterocycles. The molecule has 1 aliphatic rings. The average molecular weight is 233 g/mol. The third kappa shape index (κ3) is 2.53. The summed E-state index contributed by atoms with van der Waals surface area (Å²) in [7, 11) is 0. The zero-order valence-corrected chi connectivity index (χ0v) is 11.1. The average Bonchev–Trinajstić information content (AvgIpc) is 2.19. The first kappa shape index (κ1) is 12.6. The Kier molecular flexibility index (Phi) is 3.55. The van der Waals surface area contributed by atoms with Crippen LogP contribution in [0.2, 0.25) is 0 Å². The zero-order chi connectivity index (χ0) is 12.5. The number of benzene rings is 1. The quantitative estimate of drug-likeness (QED) is 0.838. The number of rotatable bonds is 4. The van der Waals surface area contributed by atoms with E-state index in [0.717, 1.165) is 19.4 Å². The van der Waals surface area contributed by atoms with Gasteiger partial charge in [0.05, 0.1) is 6.61 Å². The minimum atomic E-state index is 0.00374. The fraction of sp³-hybridized carbons (Fsp3) is 0.600. The second-order valence-corrected chi connectivity index (χ2v) is 5.52. The summed E-state index contributed by atoms with van der Waals surface area (Å²) in [6.45, 7) is 7.61. The van der Waals surface area contributed by atoms with Gasteiger partial charge in [-0.3, -0.25) is 0 Å². The molecule has 0 aromatic heterocycles. The van der Waals surface area contributed by atoms with E-state index in [1.54, 1.807) is 0 Å². The summed E-state index contributed by atoms with van der Waals surface area (Å²) in [6, 6.07) is 4.47. The molecule has 0 heterocycles. The van der Waals surface area contributed by atoms with Gasteiger partial charge in [0.1, 0.15) is 0 Å². The molecule has 1 aromatic carbocycles. The summed E-state index contributed by atoms with van der Waals surface area (Å²) >= 11 is 0. The predicted octanol–water partition coefficient (Wildman–Crippen LogP) is 2.62. The number of aryl methyl sites for hydroxylation is 3. The lowest BCUT2D eigenvalue weighted by Crippen LogP contribution is -2.53. The second-order valence-electron chi connectivity index (χ2n) is 5.52. The van der Waals surface area contributed by atoms with Crippen molar-refractivity contribution in [2.24, 2.45) is 0 Å². The van der Waals surface area contributed by atoms with Gasteiger partial charge in [0.15, 0.2) is 0 Å². The summed E-state index contributed by atoms with van der Waals surface area (Å²) < 4.78 is 0. The van der Waals surface area contributed by atoms with E-state index in [2.05, 4.69) is 38.2 Å². The summed E-state index contributed by atoms with van der Waals surface area (Å²) in [5.74, 6) is 0. The number of nitrogens with one attached hydrogen (secondary N) is 1. The van der Waals surface area contributed by atoms with Gasteiger partial charge in [0.25, 0.3) is 0 Å². The smallest absolute Gasteiger partial charge is 0.0613 e. The van der Waals surface area contributed by atoms with E-state index in [1.165, 1.54) is 28.7 Å². The highest BCUT2D eigenvalue weighted by molar-refractivity contribution is 5.37. The van der Waals surface area contributed by atoms with Crippen LogP contribution in [0.4, 0.5) is 0 Å². The SMILES string of the molecule is Cc1cc(C)c(CNC2(CO)CCC2)c(C)c1. The van der Waals surface area contributed by atoms with Gasteiger partial charge in [-0.05, 0) is 56.7 Å². The minimum absolute atomic E-state index is 0.00374. The first-order valence-electron chi connectivity index (χ1n) is 6.49. The van der Waals surface area contributed by atoms with Crippen LogP contribution in [-0.2, 0) is 6.54 Å². The lowest BCUT2D eigenvalue weighted by molar-refractivity contribution is 0.0871. The van der Waals surface area contributed by atoms with E-state index in [9.17, 15) is 5.11 Å². The van der Waals surface area contributed by atoms with Gasteiger partial charge >= 0.3 is 0 Å². The summed E-state index contributed by atoms with van der Waals surface area (Å²) in [5.41, 5.74) is 5.41. The van der Waals surface area contributed by atoms with Crippen LogP contribution >= 0.6 is 0 Å². The molecule has 0 bridgehead atoms. The molecule has 1 fully saturated rings. The molecule has 2 N–H and O–H groups in total. The van der Waals surface area contributed by atoms with Gasteiger partial charge in [0.2, 0.25) is 0 Å². The Balaban J connectivity index is 2.09. The van der Waals surface area contributed by atoms with Crippen LogP contribution in [0, 0.1) is 20.8 Å². The molecule has 1 aliphatic carbocycles. The van der Waals surface area contributed by atoms with Crippen LogP contribution in [0.5, 0.6) is 0 Å². The molecule has 2 nitrogen and oxygen atoms in total. The van der Waals surface area contributed by atoms with Gasteiger partial charge in [-0.2, -0.15) is 0 Å². The molecule has 1 aromatic rings. The largest absolute Gasteiger partial charge is 0.394 e. The molecular weight excluding hydrogens is 210 g/mol. The molecule has 2 rings (SSSR count). The summed E-state index contributed by atoms with van der Waals surface area (Å²) in [6.07, 6.45) is 3.44. The Hall–Kier alpha value is -0.860. The van der Waals surface area contributed by atoms with Crippen molar-refractivity contribution >= 4 is 0 Å². The maximum Gasteiger partial charge on any atom is 0.0613 e. The third-order valence-corrected chi connectivity index (χ3v) is 4.09. The van der Waals surface area contributed by atoms with E-state index in [1.807, 2.05) is 0 Å². The number of aliphatic hydroxyl groups excluding tert-OH is 1. The monoisotopic (exact) mass is 233 g/mol. The number of hydrogen-bond acceptors (Lipinski definition) is 2. The molecule has 2 heteroatoms. The second kappa shape index (κ2) is 4.79. The van der Waals surface area contributed by atoms with Crippen LogP contribution in [0.1, 0.15) is 41.5 Å². The van der Waals surface area contributed by atoms with Crippen LogP contribution in [0.15, 0.2) is 12.1 Å². The molecule has 0 spiro atoms. The Morgan fingerprint density at radius 1 is 1.18 bits per heavy atom. The Bertz CT molecular complexity index is 379. The van der Waals surface area contributed by atoms with E-state index in [-0.39, 0.29) is 12.1 Å². The topological polar surface area (TPSA) is 32.3 Å². The van der Waals surface area contributed by atoms with Crippen molar-refractivity contribution in [2.75, 3.05) is 6.61 Å². The molecular formula is C15H23NO. The minimum Gasteiger partial charge on any atom is -0.394 e. The van der Waals surface area contributed by atoms with Gasteiger partial charge < -0.3 is 10.4 Å². The van der Waals surface area contributed by atoms with Gasteiger partial charge in [-0.1, -0.05) is 17.7 Å². The van der Waals surface area contributed by atoms with Gasteiger partial charge in [-0.15, -0.1) is 0 Å². The van der Waals surface area contributed by atoms with Crippen molar-refractivity contribution in [1.82, 2.24) is 5.32 Å². The maximum absolute atomic E-state index is 9.43. The standard InChI is InChI=1S/C15H23NO/c1-11-7-12(2)14(13(3)8-11)9-16-15(10-17)5-4-6-15/h7-8,16-17H,4-6,9-10H2,1-3H3. The molecule has 94 valence electrons. The van der Waals surface area contributed by atoms with Crippen LogP contribution < -0.4 is 5.32 Å². The molecule has 1 saturated carbocycles. The zero-order valence-electron chi connectivity index (χ0n) is 11.1. The highest BCUT2D eigenvalue weighted by Gasteiger charge is 2.35. The number of aliphatic hydroxyl groups is 1. The molecule has 0 unspecified atom stereocenters. The Morgan fingerprint density at radius 3 is 2.18 bits per heavy atom. The number of hydrogen-bond donors (Lipinski definition) is 2. The summed E-state index contributed by atoms with van der Waals surface area (Å²) in [4.78, 5) is 0. The lowest BCUT2D eigenvalue weighted by atomic mass is 9.77. The summed E-state index contributed by atoms with van der Waals surface area (Å²) in [5, 5.41) is 13.0. The van der Waals surface area contributed by atoms with E-state index >= 15 is 0 Å². The predicted molar refractivity (Wildman–Crippen MR) is 71.2 cm³/mol. The van der Waals surface area contributed by atoms with Crippen molar-refractivity contribution in [1.29, 1.82) is 0 Å². The molecule has 0 amide bonds. The highest BCUT2D eigenvalue weighted by Crippen LogP contribution is 2.31. The fourth-order valence-electron chi connectivity index (χ4n) is 2.76. The Labute approximate surface area is 104 Å². The maximum atomic E-state index is 9.43. The van der Waals surface area contributed by atoms with E-state index in [4.69, 9.17) is 0 Å². The van der Waals surface area contributed by atoms with E-state index in [0.29, 0.717) is 0 Å². The van der Waals surface area contributed by atoms with Crippen molar-refractivity contribution < 1.29 is 5.11 Å².